The minimum atomic E-state index is -3.00. The second kappa shape index (κ2) is 8.86. The molecule has 1 spiro atoms. The van der Waals surface area contributed by atoms with Crippen LogP contribution < -0.4 is 20.3 Å². The van der Waals surface area contributed by atoms with Crippen LogP contribution in [0.2, 0.25) is 0 Å². The Morgan fingerprint density at radius 1 is 1.21 bits per heavy atom. The average Bonchev–Trinajstić information content (AvgIpc) is 2.79. The summed E-state index contributed by atoms with van der Waals surface area (Å²) in [7, 11) is 0. The fourth-order valence-corrected chi connectivity index (χ4v) is 4.78. The number of alkyl halides is 2. The quantitative estimate of drug-likeness (QED) is 0.719. The summed E-state index contributed by atoms with van der Waals surface area (Å²) in [6, 6.07) is 3.44. The lowest BCUT2D eigenvalue weighted by Crippen LogP contribution is -2.60. The maximum Gasteiger partial charge on any atom is 0.387 e. The molecule has 0 amide bonds. The minimum absolute atomic E-state index is 0.0997. The summed E-state index contributed by atoms with van der Waals surface area (Å²) in [5.41, 5.74) is 6.98. The number of halogens is 2. The lowest BCUT2D eigenvalue weighted by Gasteiger charge is -2.52. The minimum Gasteiger partial charge on any atom is -0.431 e. The van der Waals surface area contributed by atoms with Gasteiger partial charge in [-0.15, -0.1) is 0 Å². The van der Waals surface area contributed by atoms with Gasteiger partial charge in [-0.2, -0.15) is 13.8 Å². The Hall–Kier alpha value is -2.79. The van der Waals surface area contributed by atoms with Gasteiger partial charge >= 0.3 is 6.61 Å². The van der Waals surface area contributed by atoms with Crippen LogP contribution in [0.1, 0.15) is 19.8 Å². The molecule has 5 rings (SSSR count). The van der Waals surface area contributed by atoms with E-state index in [1.165, 1.54) is 12.3 Å². The van der Waals surface area contributed by atoms with E-state index in [0.717, 1.165) is 45.0 Å². The molecule has 5 heterocycles. The number of hydrogen-bond acceptors (Lipinski definition) is 9. The predicted octanol–water partition coefficient (Wildman–Crippen LogP) is 2.56. The summed E-state index contributed by atoms with van der Waals surface area (Å²) in [5, 5.41) is 0. The SMILES string of the molecule is C[C@H]1COCCN1c1cc(-c2cnc(N)c(OC(F)F)c2)nc(N2CC3(CCCOC3)C2)n1. The van der Waals surface area contributed by atoms with Crippen molar-refractivity contribution in [3.63, 3.8) is 0 Å². The molecule has 3 fully saturated rings. The number of pyridine rings is 1. The summed E-state index contributed by atoms with van der Waals surface area (Å²) in [6.07, 6.45) is 3.71. The highest BCUT2D eigenvalue weighted by molar-refractivity contribution is 5.68. The van der Waals surface area contributed by atoms with Crippen molar-refractivity contribution in [2.45, 2.75) is 32.4 Å². The van der Waals surface area contributed by atoms with Crippen LogP contribution in [0.15, 0.2) is 18.3 Å². The van der Waals surface area contributed by atoms with Crippen LogP contribution in [0.25, 0.3) is 11.3 Å². The Morgan fingerprint density at radius 3 is 2.79 bits per heavy atom. The van der Waals surface area contributed by atoms with Crippen molar-refractivity contribution in [3.8, 4) is 17.0 Å². The van der Waals surface area contributed by atoms with Crippen LogP contribution in [-0.4, -0.2) is 73.7 Å². The molecule has 2 aromatic rings. The van der Waals surface area contributed by atoms with Crippen LogP contribution in [0.3, 0.4) is 0 Å². The Labute approximate surface area is 190 Å². The van der Waals surface area contributed by atoms with Crippen molar-refractivity contribution in [3.05, 3.63) is 18.3 Å². The number of nitrogens with two attached hydrogens (primary N) is 1. The summed E-state index contributed by atoms with van der Waals surface area (Å²) in [4.78, 5) is 18.0. The Morgan fingerprint density at radius 2 is 2.06 bits per heavy atom. The molecule has 3 saturated heterocycles. The van der Waals surface area contributed by atoms with Crippen LogP contribution in [0.4, 0.5) is 26.4 Å². The van der Waals surface area contributed by atoms with E-state index in [1.54, 1.807) is 0 Å². The van der Waals surface area contributed by atoms with Gasteiger partial charge in [0.05, 0.1) is 31.6 Å². The third-order valence-electron chi connectivity index (χ3n) is 6.50. The second-order valence-corrected chi connectivity index (χ2v) is 9.03. The van der Waals surface area contributed by atoms with Crippen molar-refractivity contribution in [1.29, 1.82) is 0 Å². The monoisotopic (exact) mass is 462 g/mol. The number of rotatable bonds is 5. The Bertz CT molecular complexity index is 996. The van der Waals surface area contributed by atoms with Gasteiger partial charge in [-0.3, -0.25) is 0 Å². The van der Waals surface area contributed by atoms with Crippen LogP contribution >= 0.6 is 0 Å². The summed E-state index contributed by atoms with van der Waals surface area (Å²) in [5.74, 6) is 1.09. The fourth-order valence-electron chi connectivity index (χ4n) is 4.78. The number of morpholine rings is 1. The van der Waals surface area contributed by atoms with Gasteiger partial charge in [-0.25, -0.2) is 9.97 Å². The standard InChI is InChI=1S/C22H28F2N6O3/c1-14-10-31-6-4-30(14)18-8-16(15-7-17(33-20(23)24)19(25)26-9-15)27-21(28-18)29-11-22(12-29)3-2-5-32-13-22/h7-9,14,20H,2-6,10-13H2,1H3,(H2,25,26)/t14-/m0/s1. The topological polar surface area (TPSA) is 98.9 Å². The zero-order valence-electron chi connectivity index (χ0n) is 18.5. The summed E-state index contributed by atoms with van der Waals surface area (Å²) < 4.78 is 41.5. The molecule has 11 heteroatoms. The molecule has 178 valence electrons. The molecule has 3 aliphatic heterocycles. The molecular formula is C22H28F2N6O3. The molecule has 2 aromatic heterocycles. The molecule has 0 aliphatic carbocycles. The molecule has 0 unspecified atom stereocenters. The van der Waals surface area contributed by atoms with Gasteiger partial charge in [0.15, 0.2) is 11.6 Å². The molecule has 1 atom stereocenters. The first-order chi connectivity index (χ1) is 15.9. The lowest BCUT2D eigenvalue weighted by molar-refractivity contribution is -0.0494. The van der Waals surface area contributed by atoms with E-state index in [4.69, 9.17) is 25.2 Å². The van der Waals surface area contributed by atoms with E-state index in [0.29, 0.717) is 37.0 Å². The highest BCUT2D eigenvalue weighted by atomic mass is 19.3. The lowest BCUT2D eigenvalue weighted by atomic mass is 9.76. The molecule has 0 saturated carbocycles. The van der Waals surface area contributed by atoms with E-state index in [9.17, 15) is 8.78 Å². The first kappa shape index (κ1) is 22.0. The van der Waals surface area contributed by atoms with E-state index >= 15 is 0 Å². The number of ether oxygens (including phenoxy) is 3. The molecular weight excluding hydrogens is 434 g/mol. The van der Waals surface area contributed by atoms with Crippen molar-refractivity contribution in [2.75, 3.05) is 61.6 Å². The van der Waals surface area contributed by atoms with E-state index in [2.05, 4.69) is 26.4 Å². The zero-order chi connectivity index (χ0) is 23.0. The summed E-state index contributed by atoms with van der Waals surface area (Å²) in [6.45, 7) is 4.24. The Balaban J connectivity index is 1.49. The number of nitrogen functional groups attached to an aromatic ring is 1. The number of hydrogen-bond donors (Lipinski definition) is 1. The van der Waals surface area contributed by atoms with Crippen molar-refractivity contribution < 1.29 is 23.0 Å². The first-order valence-electron chi connectivity index (χ1n) is 11.2. The third-order valence-corrected chi connectivity index (χ3v) is 6.50. The maximum absolute atomic E-state index is 12.8. The molecule has 3 aliphatic rings. The van der Waals surface area contributed by atoms with Crippen LogP contribution in [-0.2, 0) is 9.47 Å². The van der Waals surface area contributed by atoms with Gasteiger partial charge in [0, 0.05) is 49.5 Å². The van der Waals surface area contributed by atoms with Crippen molar-refractivity contribution in [1.82, 2.24) is 15.0 Å². The Kier molecular flexibility index (Phi) is 5.92. The highest BCUT2D eigenvalue weighted by Gasteiger charge is 2.45. The smallest absolute Gasteiger partial charge is 0.387 e. The van der Waals surface area contributed by atoms with Crippen molar-refractivity contribution >= 4 is 17.6 Å². The van der Waals surface area contributed by atoms with E-state index in [1.807, 2.05) is 6.07 Å². The molecule has 33 heavy (non-hydrogen) atoms. The molecule has 9 nitrogen and oxygen atoms in total. The molecule has 0 bridgehead atoms. The zero-order valence-corrected chi connectivity index (χ0v) is 18.5. The number of nitrogens with zero attached hydrogens (tertiary/aromatic N) is 5. The fraction of sp³-hybridized carbons (Fsp3) is 0.591. The van der Waals surface area contributed by atoms with Gasteiger partial charge < -0.3 is 29.7 Å². The number of aromatic nitrogens is 3. The predicted molar refractivity (Wildman–Crippen MR) is 119 cm³/mol. The third kappa shape index (κ3) is 4.51. The largest absolute Gasteiger partial charge is 0.431 e. The summed E-state index contributed by atoms with van der Waals surface area (Å²) >= 11 is 0. The van der Waals surface area contributed by atoms with Crippen LogP contribution in [0, 0.1) is 5.41 Å². The van der Waals surface area contributed by atoms with Gasteiger partial charge in [-0.05, 0) is 25.8 Å². The van der Waals surface area contributed by atoms with Crippen LogP contribution in [0.5, 0.6) is 5.75 Å². The highest BCUT2D eigenvalue weighted by Crippen LogP contribution is 2.40. The number of anilines is 3. The molecule has 0 radical (unpaired) electrons. The van der Waals surface area contributed by atoms with Gasteiger partial charge in [0.2, 0.25) is 5.95 Å². The first-order valence-corrected chi connectivity index (χ1v) is 11.2. The van der Waals surface area contributed by atoms with Gasteiger partial charge in [-0.1, -0.05) is 0 Å². The normalized spacial score (nSPS) is 22.5. The average molecular weight is 463 g/mol. The van der Waals surface area contributed by atoms with E-state index < -0.39 is 6.61 Å². The molecule has 2 N–H and O–H groups in total. The van der Waals surface area contributed by atoms with Crippen molar-refractivity contribution in [2.24, 2.45) is 5.41 Å². The maximum atomic E-state index is 12.8. The van der Waals surface area contributed by atoms with Gasteiger partial charge in [0.25, 0.3) is 0 Å². The van der Waals surface area contributed by atoms with E-state index in [-0.39, 0.29) is 23.0 Å². The second-order valence-electron chi connectivity index (χ2n) is 9.03. The molecule has 0 aromatic carbocycles. The van der Waals surface area contributed by atoms with Gasteiger partial charge in [0.1, 0.15) is 5.82 Å².